The third kappa shape index (κ3) is 3.05. The maximum atomic E-state index is 11.9. The topological polar surface area (TPSA) is 85.1 Å². The molecule has 1 amide bonds. The number of nitro benzene ring substituents is 1. The Bertz CT molecular complexity index is 631. The molecule has 0 spiro atoms. The van der Waals surface area contributed by atoms with E-state index in [0.717, 1.165) is 0 Å². The van der Waals surface area contributed by atoms with Crippen molar-refractivity contribution in [3.8, 4) is 0 Å². The lowest BCUT2D eigenvalue weighted by atomic mass is 10.2. The van der Waals surface area contributed by atoms with Crippen molar-refractivity contribution in [2.24, 2.45) is 0 Å². The molecule has 0 aliphatic carbocycles. The summed E-state index contributed by atoms with van der Waals surface area (Å²) in [6.07, 6.45) is 3.07. The standard InChI is InChI=1S/C12H8ClN3O3/c13-10-6-8(3-4-11(10)16(18)19)12(17)15-9-2-1-5-14-7-9/h1-7H,(H,15,17). The third-order valence-corrected chi connectivity index (χ3v) is 2.63. The molecule has 1 aromatic carbocycles. The van der Waals surface area contributed by atoms with Crippen molar-refractivity contribution in [3.05, 3.63) is 63.4 Å². The molecule has 19 heavy (non-hydrogen) atoms. The number of hydrogen-bond donors (Lipinski definition) is 1. The number of rotatable bonds is 3. The maximum Gasteiger partial charge on any atom is 0.287 e. The van der Waals surface area contributed by atoms with Crippen LogP contribution in [0.5, 0.6) is 0 Å². The van der Waals surface area contributed by atoms with E-state index >= 15 is 0 Å². The summed E-state index contributed by atoms with van der Waals surface area (Å²) in [7, 11) is 0. The van der Waals surface area contributed by atoms with E-state index in [2.05, 4.69) is 10.3 Å². The molecule has 0 aliphatic heterocycles. The van der Waals surface area contributed by atoms with Gasteiger partial charge in [0.15, 0.2) is 0 Å². The molecule has 0 unspecified atom stereocenters. The summed E-state index contributed by atoms with van der Waals surface area (Å²) in [5, 5.41) is 13.1. The van der Waals surface area contributed by atoms with Gasteiger partial charge < -0.3 is 5.32 Å². The fraction of sp³-hybridized carbons (Fsp3) is 0. The predicted molar refractivity (Wildman–Crippen MR) is 70.3 cm³/mol. The normalized spacial score (nSPS) is 9.95. The van der Waals surface area contributed by atoms with Gasteiger partial charge in [0.1, 0.15) is 5.02 Å². The van der Waals surface area contributed by atoms with Gasteiger partial charge in [0, 0.05) is 17.8 Å². The Morgan fingerprint density at radius 1 is 1.37 bits per heavy atom. The molecule has 2 aromatic rings. The van der Waals surface area contributed by atoms with Crippen molar-refractivity contribution in [1.29, 1.82) is 0 Å². The van der Waals surface area contributed by atoms with Gasteiger partial charge in [-0.15, -0.1) is 0 Å². The average molecular weight is 278 g/mol. The molecule has 0 saturated heterocycles. The molecule has 96 valence electrons. The second kappa shape index (κ2) is 5.45. The molecule has 1 heterocycles. The van der Waals surface area contributed by atoms with E-state index in [4.69, 9.17) is 11.6 Å². The average Bonchev–Trinajstić information content (AvgIpc) is 2.39. The Morgan fingerprint density at radius 2 is 2.16 bits per heavy atom. The Morgan fingerprint density at radius 3 is 2.74 bits per heavy atom. The number of hydrogen-bond acceptors (Lipinski definition) is 4. The fourth-order valence-electron chi connectivity index (χ4n) is 1.44. The number of benzene rings is 1. The number of carbonyl (C=O) groups excluding carboxylic acids is 1. The first-order valence-corrected chi connectivity index (χ1v) is 5.61. The van der Waals surface area contributed by atoms with Gasteiger partial charge in [-0.1, -0.05) is 11.6 Å². The molecular formula is C12H8ClN3O3. The Kier molecular flexibility index (Phi) is 3.72. The molecule has 1 aromatic heterocycles. The molecule has 0 radical (unpaired) electrons. The van der Waals surface area contributed by atoms with Gasteiger partial charge in [-0.3, -0.25) is 19.9 Å². The number of aromatic nitrogens is 1. The number of pyridine rings is 1. The van der Waals surface area contributed by atoms with Gasteiger partial charge in [0.05, 0.1) is 16.8 Å². The van der Waals surface area contributed by atoms with E-state index in [1.165, 1.54) is 24.4 Å². The summed E-state index contributed by atoms with van der Waals surface area (Å²) in [5.41, 5.74) is 0.529. The van der Waals surface area contributed by atoms with Crippen LogP contribution in [0.25, 0.3) is 0 Å². The van der Waals surface area contributed by atoms with Crippen LogP contribution in [0.1, 0.15) is 10.4 Å². The molecule has 0 atom stereocenters. The lowest BCUT2D eigenvalue weighted by Crippen LogP contribution is -2.12. The van der Waals surface area contributed by atoms with Crippen molar-refractivity contribution in [2.45, 2.75) is 0 Å². The Labute approximate surface area is 113 Å². The van der Waals surface area contributed by atoms with E-state index < -0.39 is 10.8 Å². The van der Waals surface area contributed by atoms with Crippen molar-refractivity contribution in [1.82, 2.24) is 4.98 Å². The highest BCUT2D eigenvalue weighted by Crippen LogP contribution is 2.25. The lowest BCUT2D eigenvalue weighted by Gasteiger charge is -2.04. The molecule has 1 N–H and O–H groups in total. The largest absolute Gasteiger partial charge is 0.321 e. The summed E-state index contributed by atoms with van der Waals surface area (Å²) in [6, 6.07) is 7.15. The number of nitrogens with one attached hydrogen (secondary N) is 1. The van der Waals surface area contributed by atoms with Gasteiger partial charge in [0.2, 0.25) is 0 Å². The highest BCUT2D eigenvalue weighted by molar-refractivity contribution is 6.33. The van der Waals surface area contributed by atoms with Crippen LogP contribution in [0.3, 0.4) is 0 Å². The SMILES string of the molecule is O=C(Nc1cccnc1)c1ccc([N+](=O)[O-])c(Cl)c1. The summed E-state index contributed by atoms with van der Waals surface area (Å²) < 4.78 is 0. The van der Waals surface area contributed by atoms with Gasteiger partial charge in [0.25, 0.3) is 11.6 Å². The van der Waals surface area contributed by atoms with Gasteiger partial charge in [-0.25, -0.2) is 0 Å². The van der Waals surface area contributed by atoms with Crippen LogP contribution in [0.15, 0.2) is 42.7 Å². The number of halogens is 1. The highest BCUT2D eigenvalue weighted by Gasteiger charge is 2.15. The van der Waals surface area contributed by atoms with Crippen molar-refractivity contribution >= 4 is 28.9 Å². The molecule has 0 aliphatic rings. The van der Waals surface area contributed by atoms with Gasteiger partial charge in [-0.2, -0.15) is 0 Å². The van der Waals surface area contributed by atoms with Crippen molar-refractivity contribution < 1.29 is 9.72 Å². The first-order chi connectivity index (χ1) is 9.08. The molecule has 0 bridgehead atoms. The van der Waals surface area contributed by atoms with Crippen LogP contribution in [-0.2, 0) is 0 Å². The Balaban J connectivity index is 2.21. The molecular weight excluding hydrogens is 270 g/mol. The number of nitrogens with zero attached hydrogens (tertiary/aromatic N) is 2. The molecule has 2 rings (SSSR count). The fourth-order valence-corrected chi connectivity index (χ4v) is 1.69. The first kappa shape index (κ1) is 13.0. The van der Waals surface area contributed by atoms with Crippen molar-refractivity contribution in [2.75, 3.05) is 5.32 Å². The van der Waals surface area contributed by atoms with Crippen molar-refractivity contribution in [3.63, 3.8) is 0 Å². The van der Waals surface area contributed by atoms with E-state index in [-0.39, 0.29) is 16.3 Å². The molecule has 6 nitrogen and oxygen atoms in total. The minimum atomic E-state index is -0.606. The Hall–Kier alpha value is -2.47. The van der Waals surface area contributed by atoms with Crippen LogP contribution < -0.4 is 5.32 Å². The lowest BCUT2D eigenvalue weighted by molar-refractivity contribution is -0.384. The monoisotopic (exact) mass is 277 g/mol. The minimum absolute atomic E-state index is 0.0798. The number of amides is 1. The number of nitro groups is 1. The molecule has 7 heteroatoms. The van der Waals surface area contributed by atoms with Gasteiger partial charge >= 0.3 is 0 Å². The van der Waals surface area contributed by atoms with E-state index in [0.29, 0.717) is 5.69 Å². The van der Waals surface area contributed by atoms with Crippen LogP contribution in [0, 0.1) is 10.1 Å². The summed E-state index contributed by atoms with van der Waals surface area (Å²) in [5.74, 6) is -0.412. The van der Waals surface area contributed by atoms with Crippen LogP contribution in [0.2, 0.25) is 5.02 Å². The quantitative estimate of drug-likeness (QED) is 0.690. The highest BCUT2D eigenvalue weighted by atomic mass is 35.5. The molecule has 0 saturated carbocycles. The summed E-state index contributed by atoms with van der Waals surface area (Å²) in [6.45, 7) is 0. The number of carbonyl (C=O) groups is 1. The van der Waals surface area contributed by atoms with E-state index in [1.54, 1.807) is 18.3 Å². The van der Waals surface area contributed by atoms with Crippen LogP contribution >= 0.6 is 11.6 Å². The summed E-state index contributed by atoms with van der Waals surface area (Å²) >= 11 is 5.74. The zero-order valence-corrected chi connectivity index (χ0v) is 10.3. The number of anilines is 1. The van der Waals surface area contributed by atoms with Crippen LogP contribution in [0.4, 0.5) is 11.4 Å². The van der Waals surface area contributed by atoms with E-state index in [1.807, 2.05) is 0 Å². The van der Waals surface area contributed by atoms with Gasteiger partial charge in [-0.05, 0) is 24.3 Å². The second-order valence-corrected chi connectivity index (χ2v) is 4.03. The first-order valence-electron chi connectivity index (χ1n) is 5.23. The molecule has 0 fully saturated rings. The van der Waals surface area contributed by atoms with Crippen LogP contribution in [-0.4, -0.2) is 15.8 Å². The second-order valence-electron chi connectivity index (χ2n) is 3.62. The maximum absolute atomic E-state index is 11.9. The zero-order valence-electron chi connectivity index (χ0n) is 9.54. The predicted octanol–water partition coefficient (Wildman–Crippen LogP) is 2.90. The minimum Gasteiger partial charge on any atom is -0.321 e. The smallest absolute Gasteiger partial charge is 0.287 e. The zero-order chi connectivity index (χ0) is 13.8. The third-order valence-electron chi connectivity index (χ3n) is 2.33. The van der Waals surface area contributed by atoms with E-state index in [9.17, 15) is 14.9 Å². The summed E-state index contributed by atoms with van der Waals surface area (Å²) in [4.78, 5) is 25.7.